The Bertz CT molecular complexity index is 616. The van der Waals surface area contributed by atoms with E-state index in [2.05, 4.69) is 17.1 Å². The van der Waals surface area contributed by atoms with Gasteiger partial charge in [-0.3, -0.25) is 5.32 Å². The van der Waals surface area contributed by atoms with Gasteiger partial charge >= 0.3 is 6.09 Å². The maximum atomic E-state index is 12.7. The number of carbonyl (C=O) groups excluding carboxylic acids is 1. The zero-order valence-electron chi connectivity index (χ0n) is 18.0. The molecule has 1 heterocycles. The van der Waals surface area contributed by atoms with Crippen molar-refractivity contribution in [3.63, 3.8) is 0 Å². The summed E-state index contributed by atoms with van der Waals surface area (Å²) in [4.78, 5) is 15.3. The van der Waals surface area contributed by atoms with Crippen molar-refractivity contribution in [1.29, 1.82) is 0 Å². The molecule has 0 bridgehead atoms. The normalized spacial score (nSPS) is 23.2. The Balaban J connectivity index is 1.57. The molecule has 0 unspecified atom stereocenters. The molecule has 2 aliphatic rings. The van der Waals surface area contributed by atoms with Crippen LogP contribution in [0.5, 0.6) is 5.75 Å². The van der Waals surface area contributed by atoms with Crippen molar-refractivity contribution in [2.24, 2.45) is 5.92 Å². The monoisotopic (exact) mass is 402 g/mol. The molecule has 1 aromatic carbocycles. The lowest BCUT2D eigenvalue weighted by atomic mass is 9.95. The first-order chi connectivity index (χ1) is 14.3. The average Bonchev–Trinajstić information content (AvgIpc) is 2.95. The smallest absolute Gasteiger partial charge is 0.412 e. The van der Waals surface area contributed by atoms with Gasteiger partial charge in [0.05, 0.1) is 12.3 Å². The first-order valence-electron chi connectivity index (χ1n) is 11.7. The first-order valence-corrected chi connectivity index (χ1v) is 11.7. The number of carbonyl (C=O) groups is 1. The summed E-state index contributed by atoms with van der Waals surface area (Å²) in [5, 5.41) is 2.93. The molecule has 29 heavy (non-hydrogen) atoms. The number of amides is 1. The highest BCUT2D eigenvalue weighted by molar-refractivity contribution is 5.86. The van der Waals surface area contributed by atoms with Crippen LogP contribution in [0.15, 0.2) is 24.3 Å². The molecule has 162 valence electrons. The minimum atomic E-state index is -0.355. The van der Waals surface area contributed by atoms with Crippen LogP contribution >= 0.6 is 0 Å². The van der Waals surface area contributed by atoms with Gasteiger partial charge in [0.15, 0.2) is 0 Å². The van der Waals surface area contributed by atoms with E-state index in [0.717, 1.165) is 38.6 Å². The Morgan fingerprint density at radius 3 is 2.66 bits per heavy atom. The summed E-state index contributed by atoms with van der Waals surface area (Å²) in [5.74, 6) is 1.15. The van der Waals surface area contributed by atoms with Crippen LogP contribution in [0.1, 0.15) is 71.1 Å². The Hall–Kier alpha value is -1.75. The molecule has 1 amide bonds. The summed E-state index contributed by atoms with van der Waals surface area (Å²) in [7, 11) is 0. The summed E-state index contributed by atoms with van der Waals surface area (Å²) in [5.41, 5.74) is 0.690. The number of rotatable bonds is 8. The highest BCUT2D eigenvalue weighted by Crippen LogP contribution is 2.29. The van der Waals surface area contributed by atoms with E-state index in [1.54, 1.807) is 0 Å². The molecule has 0 aromatic heterocycles. The van der Waals surface area contributed by atoms with Crippen molar-refractivity contribution in [2.75, 3.05) is 31.6 Å². The molecule has 1 aliphatic heterocycles. The summed E-state index contributed by atoms with van der Waals surface area (Å²) < 4.78 is 11.8. The van der Waals surface area contributed by atoms with E-state index >= 15 is 0 Å². The third-order valence-corrected chi connectivity index (χ3v) is 6.17. The number of likely N-dealkylation sites (tertiary alicyclic amines) is 1. The molecule has 1 saturated carbocycles. The molecule has 3 rings (SSSR count). The molecule has 1 saturated heterocycles. The van der Waals surface area contributed by atoms with Crippen molar-refractivity contribution in [3.05, 3.63) is 24.3 Å². The number of anilines is 1. The van der Waals surface area contributed by atoms with Crippen molar-refractivity contribution in [1.82, 2.24) is 4.90 Å². The van der Waals surface area contributed by atoms with Gasteiger partial charge in [-0.05, 0) is 63.7 Å². The van der Waals surface area contributed by atoms with Crippen LogP contribution in [-0.4, -0.2) is 43.3 Å². The van der Waals surface area contributed by atoms with Crippen LogP contribution in [0.3, 0.4) is 0 Å². The van der Waals surface area contributed by atoms with Gasteiger partial charge in [0.1, 0.15) is 11.9 Å². The molecule has 0 spiro atoms. The van der Waals surface area contributed by atoms with Crippen LogP contribution in [0.2, 0.25) is 0 Å². The van der Waals surface area contributed by atoms with E-state index in [1.165, 1.54) is 45.2 Å². The number of benzene rings is 1. The Morgan fingerprint density at radius 1 is 1.07 bits per heavy atom. The number of nitrogens with zero attached hydrogens (tertiary/aromatic N) is 1. The van der Waals surface area contributed by atoms with Crippen molar-refractivity contribution >= 4 is 11.8 Å². The second kappa shape index (κ2) is 12.1. The standard InChI is InChI=1S/C24H38N2O3/c1-2-3-18-28-23-15-9-8-13-21(23)25-24(27)29-22-14-7-4-6-12-20(22)19-26-16-10-5-11-17-26/h8-9,13,15,20,22H,2-7,10-12,14,16-19H2,1H3,(H,25,27)/t20-,22-/m0/s1. The Kier molecular flexibility index (Phi) is 9.13. The fraction of sp³-hybridized carbons (Fsp3) is 0.708. The van der Waals surface area contributed by atoms with Gasteiger partial charge in [0, 0.05) is 12.5 Å². The zero-order chi connectivity index (χ0) is 20.3. The topological polar surface area (TPSA) is 50.8 Å². The molecule has 5 heteroatoms. The number of para-hydroxylation sites is 2. The van der Waals surface area contributed by atoms with E-state index in [1.807, 2.05) is 24.3 Å². The van der Waals surface area contributed by atoms with E-state index in [-0.39, 0.29) is 12.2 Å². The molecular weight excluding hydrogens is 364 g/mol. The summed E-state index contributed by atoms with van der Waals surface area (Å²) >= 11 is 0. The van der Waals surface area contributed by atoms with Crippen molar-refractivity contribution in [3.8, 4) is 5.75 Å². The fourth-order valence-electron chi connectivity index (χ4n) is 4.49. The minimum Gasteiger partial charge on any atom is -0.491 e. The fourth-order valence-corrected chi connectivity index (χ4v) is 4.49. The molecule has 5 nitrogen and oxygen atoms in total. The number of piperidine rings is 1. The summed E-state index contributed by atoms with van der Waals surface area (Å²) in [6.07, 6.45) is 11.4. The molecule has 1 aromatic rings. The number of ether oxygens (including phenoxy) is 2. The average molecular weight is 403 g/mol. The minimum absolute atomic E-state index is 0.00704. The first kappa shape index (κ1) is 21.9. The lowest BCUT2D eigenvalue weighted by Crippen LogP contribution is -2.39. The quantitative estimate of drug-likeness (QED) is 0.438. The van der Waals surface area contributed by atoms with Gasteiger partial charge in [-0.2, -0.15) is 0 Å². The van der Waals surface area contributed by atoms with Gasteiger partial charge in [-0.1, -0.05) is 44.7 Å². The molecule has 2 fully saturated rings. The number of hydrogen-bond donors (Lipinski definition) is 1. The van der Waals surface area contributed by atoms with Crippen LogP contribution in [-0.2, 0) is 4.74 Å². The van der Waals surface area contributed by atoms with Crippen LogP contribution in [0.4, 0.5) is 10.5 Å². The second-order valence-electron chi connectivity index (χ2n) is 8.53. The highest BCUT2D eigenvalue weighted by atomic mass is 16.6. The van der Waals surface area contributed by atoms with E-state index < -0.39 is 0 Å². The summed E-state index contributed by atoms with van der Waals surface area (Å²) in [6, 6.07) is 7.61. The van der Waals surface area contributed by atoms with Crippen molar-refractivity contribution in [2.45, 2.75) is 77.2 Å². The SMILES string of the molecule is CCCCOc1ccccc1NC(=O)O[C@H]1CCCCC[C@H]1CN1CCCCC1. The van der Waals surface area contributed by atoms with E-state index in [0.29, 0.717) is 24.0 Å². The van der Waals surface area contributed by atoms with E-state index in [4.69, 9.17) is 9.47 Å². The molecule has 2 atom stereocenters. The predicted octanol–water partition coefficient (Wildman–Crippen LogP) is 5.85. The van der Waals surface area contributed by atoms with Crippen molar-refractivity contribution < 1.29 is 14.3 Å². The van der Waals surface area contributed by atoms with Crippen LogP contribution in [0.25, 0.3) is 0 Å². The van der Waals surface area contributed by atoms with Gasteiger partial charge in [-0.15, -0.1) is 0 Å². The van der Waals surface area contributed by atoms with E-state index in [9.17, 15) is 4.79 Å². The third-order valence-electron chi connectivity index (χ3n) is 6.17. The van der Waals surface area contributed by atoms with Gasteiger partial charge in [0.25, 0.3) is 0 Å². The second-order valence-corrected chi connectivity index (χ2v) is 8.53. The summed E-state index contributed by atoms with van der Waals surface area (Å²) in [6.45, 7) is 6.24. The molecule has 1 aliphatic carbocycles. The Morgan fingerprint density at radius 2 is 1.83 bits per heavy atom. The maximum absolute atomic E-state index is 12.7. The largest absolute Gasteiger partial charge is 0.491 e. The number of unbranched alkanes of at least 4 members (excludes halogenated alkanes) is 1. The Labute approximate surface area is 176 Å². The van der Waals surface area contributed by atoms with Gasteiger partial charge < -0.3 is 14.4 Å². The van der Waals surface area contributed by atoms with Gasteiger partial charge in [-0.25, -0.2) is 4.79 Å². The number of hydrogen-bond acceptors (Lipinski definition) is 4. The third kappa shape index (κ3) is 7.22. The predicted molar refractivity (Wildman–Crippen MR) is 118 cm³/mol. The van der Waals surface area contributed by atoms with Gasteiger partial charge in [0.2, 0.25) is 0 Å². The maximum Gasteiger partial charge on any atom is 0.412 e. The van der Waals surface area contributed by atoms with Crippen LogP contribution in [0, 0.1) is 5.92 Å². The van der Waals surface area contributed by atoms with Crippen LogP contribution < -0.4 is 10.1 Å². The molecule has 0 radical (unpaired) electrons. The molecule has 1 N–H and O–H groups in total. The highest BCUT2D eigenvalue weighted by Gasteiger charge is 2.29. The lowest BCUT2D eigenvalue weighted by molar-refractivity contribution is 0.0471. The number of nitrogens with one attached hydrogen (secondary N) is 1. The molecular formula is C24H38N2O3. The zero-order valence-corrected chi connectivity index (χ0v) is 18.0. The lowest BCUT2D eigenvalue weighted by Gasteiger charge is -2.33.